The Morgan fingerprint density at radius 1 is 1.10 bits per heavy atom. The summed E-state index contributed by atoms with van der Waals surface area (Å²) in [5.41, 5.74) is 7.72. The third kappa shape index (κ3) is 3.68. The number of hydrogen-bond acceptors (Lipinski definition) is 4. The van der Waals surface area contributed by atoms with Crippen molar-refractivity contribution in [3.8, 4) is 11.5 Å². The Labute approximate surface area is 124 Å². The average Bonchev–Trinajstić information content (AvgIpc) is 2.53. The topological polar surface area (TPSA) is 44.5 Å². The van der Waals surface area contributed by atoms with E-state index in [0.717, 1.165) is 22.6 Å². The maximum atomic E-state index is 5.77. The summed E-state index contributed by atoms with van der Waals surface area (Å²) in [6.07, 6.45) is 2.06. The van der Waals surface area contributed by atoms with Crippen molar-refractivity contribution in [3.05, 3.63) is 53.6 Å². The van der Waals surface area contributed by atoms with Gasteiger partial charge in [0.15, 0.2) is 0 Å². The van der Waals surface area contributed by atoms with Crippen LogP contribution in [0.3, 0.4) is 0 Å². The Kier molecular flexibility index (Phi) is 5.32. The quantitative estimate of drug-likeness (QED) is 0.827. The van der Waals surface area contributed by atoms with Crippen molar-refractivity contribution in [2.45, 2.75) is 18.0 Å². The highest BCUT2D eigenvalue weighted by molar-refractivity contribution is 7.98. The van der Waals surface area contributed by atoms with Crippen LogP contribution in [0, 0.1) is 0 Å². The SMILES string of the molecule is COc1cc(COc2ccc(SC)cc2)ccc1CN. The first-order valence-corrected chi connectivity index (χ1v) is 7.62. The molecule has 2 aromatic carbocycles. The van der Waals surface area contributed by atoms with Gasteiger partial charge in [-0.05, 0) is 42.2 Å². The molecule has 0 aliphatic carbocycles. The molecule has 0 atom stereocenters. The van der Waals surface area contributed by atoms with E-state index in [1.165, 1.54) is 4.90 Å². The maximum Gasteiger partial charge on any atom is 0.123 e. The predicted octanol–water partition coefficient (Wildman–Crippen LogP) is 3.45. The number of rotatable bonds is 6. The van der Waals surface area contributed by atoms with Gasteiger partial charge in [0.1, 0.15) is 18.1 Å². The van der Waals surface area contributed by atoms with Crippen LogP contribution in [0.2, 0.25) is 0 Å². The summed E-state index contributed by atoms with van der Waals surface area (Å²) in [5, 5.41) is 0. The van der Waals surface area contributed by atoms with Crippen molar-refractivity contribution < 1.29 is 9.47 Å². The summed E-state index contributed by atoms with van der Waals surface area (Å²) in [4.78, 5) is 1.23. The molecule has 2 N–H and O–H groups in total. The van der Waals surface area contributed by atoms with E-state index in [-0.39, 0.29) is 0 Å². The first-order chi connectivity index (χ1) is 9.76. The van der Waals surface area contributed by atoms with Crippen molar-refractivity contribution in [1.29, 1.82) is 0 Å². The summed E-state index contributed by atoms with van der Waals surface area (Å²) < 4.78 is 11.1. The average molecular weight is 289 g/mol. The standard InChI is InChI=1S/C16H19NO2S/c1-18-16-9-12(3-4-13(16)10-17)11-19-14-5-7-15(20-2)8-6-14/h3-9H,10-11,17H2,1-2H3. The van der Waals surface area contributed by atoms with Gasteiger partial charge in [0.2, 0.25) is 0 Å². The minimum absolute atomic E-state index is 0.473. The Morgan fingerprint density at radius 3 is 2.45 bits per heavy atom. The second-order valence-electron chi connectivity index (χ2n) is 4.31. The van der Waals surface area contributed by atoms with Crippen LogP contribution in [-0.2, 0) is 13.2 Å². The van der Waals surface area contributed by atoms with E-state index >= 15 is 0 Å². The Hall–Kier alpha value is -1.65. The lowest BCUT2D eigenvalue weighted by atomic mass is 10.1. The van der Waals surface area contributed by atoms with E-state index in [0.29, 0.717) is 13.2 Å². The van der Waals surface area contributed by atoms with Crippen molar-refractivity contribution in [1.82, 2.24) is 0 Å². The van der Waals surface area contributed by atoms with Gasteiger partial charge in [-0.1, -0.05) is 12.1 Å². The third-order valence-electron chi connectivity index (χ3n) is 3.04. The van der Waals surface area contributed by atoms with Crippen LogP contribution >= 0.6 is 11.8 Å². The predicted molar refractivity (Wildman–Crippen MR) is 83.4 cm³/mol. The van der Waals surface area contributed by atoms with Gasteiger partial charge in [0.05, 0.1) is 7.11 Å². The summed E-state index contributed by atoms with van der Waals surface area (Å²) in [5.74, 6) is 1.68. The zero-order chi connectivity index (χ0) is 14.4. The molecule has 0 spiro atoms. The van der Waals surface area contributed by atoms with Crippen LogP contribution in [0.15, 0.2) is 47.4 Å². The molecule has 2 rings (SSSR count). The molecule has 4 heteroatoms. The highest BCUT2D eigenvalue weighted by atomic mass is 32.2. The molecule has 0 saturated heterocycles. The van der Waals surface area contributed by atoms with Crippen LogP contribution in [-0.4, -0.2) is 13.4 Å². The van der Waals surface area contributed by atoms with E-state index in [2.05, 4.69) is 18.4 Å². The Bertz CT molecular complexity index is 555. The van der Waals surface area contributed by atoms with Gasteiger partial charge in [-0.3, -0.25) is 0 Å². The molecular formula is C16H19NO2S. The zero-order valence-electron chi connectivity index (χ0n) is 11.8. The molecule has 20 heavy (non-hydrogen) atoms. The Balaban J connectivity index is 2.02. The largest absolute Gasteiger partial charge is 0.496 e. The van der Waals surface area contributed by atoms with Gasteiger partial charge in [0, 0.05) is 17.0 Å². The lowest BCUT2D eigenvalue weighted by Crippen LogP contribution is -2.02. The summed E-state index contributed by atoms with van der Waals surface area (Å²) in [6.45, 7) is 0.986. The second kappa shape index (κ2) is 7.22. The molecule has 0 unspecified atom stereocenters. The van der Waals surface area contributed by atoms with E-state index < -0.39 is 0 Å². The second-order valence-corrected chi connectivity index (χ2v) is 5.19. The zero-order valence-corrected chi connectivity index (χ0v) is 12.6. The molecule has 0 radical (unpaired) electrons. The van der Waals surface area contributed by atoms with Crippen LogP contribution < -0.4 is 15.2 Å². The number of hydrogen-bond donors (Lipinski definition) is 1. The molecule has 106 valence electrons. The molecule has 0 heterocycles. The van der Waals surface area contributed by atoms with Crippen LogP contribution in [0.1, 0.15) is 11.1 Å². The highest BCUT2D eigenvalue weighted by Gasteiger charge is 2.03. The summed E-state index contributed by atoms with van der Waals surface area (Å²) >= 11 is 1.72. The van der Waals surface area contributed by atoms with E-state index in [9.17, 15) is 0 Å². The molecule has 0 saturated carbocycles. The highest BCUT2D eigenvalue weighted by Crippen LogP contribution is 2.22. The smallest absolute Gasteiger partial charge is 0.123 e. The number of benzene rings is 2. The number of ether oxygens (including phenoxy) is 2. The lowest BCUT2D eigenvalue weighted by Gasteiger charge is -2.10. The minimum atomic E-state index is 0.473. The molecule has 0 bridgehead atoms. The normalized spacial score (nSPS) is 10.3. The number of methoxy groups -OCH3 is 1. The Morgan fingerprint density at radius 2 is 1.85 bits per heavy atom. The number of nitrogens with two attached hydrogens (primary N) is 1. The summed E-state index contributed by atoms with van der Waals surface area (Å²) in [6, 6.07) is 14.0. The van der Waals surface area contributed by atoms with Gasteiger partial charge >= 0.3 is 0 Å². The fraction of sp³-hybridized carbons (Fsp3) is 0.250. The molecule has 0 amide bonds. The van der Waals surface area contributed by atoms with Crippen LogP contribution in [0.5, 0.6) is 11.5 Å². The molecule has 2 aromatic rings. The fourth-order valence-corrected chi connectivity index (χ4v) is 2.29. The van der Waals surface area contributed by atoms with Crippen molar-refractivity contribution in [2.24, 2.45) is 5.73 Å². The molecule has 0 aliphatic heterocycles. The van der Waals surface area contributed by atoms with E-state index in [1.54, 1.807) is 18.9 Å². The first-order valence-electron chi connectivity index (χ1n) is 6.39. The van der Waals surface area contributed by atoms with Crippen molar-refractivity contribution >= 4 is 11.8 Å². The molecule has 3 nitrogen and oxygen atoms in total. The molecular weight excluding hydrogens is 270 g/mol. The van der Waals surface area contributed by atoms with E-state index in [4.69, 9.17) is 15.2 Å². The first kappa shape index (κ1) is 14.8. The maximum absolute atomic E-state index is 5.77. The monoisotopic (exact) mass is 289 g/mol. The molecule has 0 aromatic heterocycles. The number of thioether (sulfide) groups is 1. The molecule has 0 fully saturated rings. The fourth-order valence-electron chi connectivity index (χ4n) is 1.89. The molecule has 0 aliphatic rings. The van der Waals surface area contributed by atoms with Gasteiger partial charge in [-0.2, -0.15) is 0 Å². The van der Waals surface area contributed by atoms with Gasteiger partial charge in [-0.25, -0.2) is 0 Å². The summed E-state index contributed by atoms with van der Waals surface area (Å²) in [7, 11) is 1.65. The van der Waals surface area contributed by atoms with Crippen molar-refractivity contribution in [3.63, 3.8) is 0 Å². The van der Waals surface area contributed by atoms with Crippen LogP contribution in [0.4, 0.5) is 0 Å². The minimum Gasteiger partial charge on any atom is -0.496 e. The third-order valence-corrected chi connectivity index (χ3v) is 3.78. The lowest BCUT2D eigenvalue weighted by molar-refractivity contribution is 0.305. The van der Waals surface area contributed by atoms with Gasteiger partial charge < -0.3 is 15.2 Å². The van der Waals surface area contributed by atoms with Gasteiger partial charge in [-0.15, -0.1) is 11.8 Å². The van der Waals surface area contributed by atoms with Gasteiger partial charge in [0.25, 0.3) is 0 Å². The van der Waals surface area contributed by atoms with Crippen LogP contribution in [0.25, 0.3) is 0 Å². The van der Waals surface area contributed by atoms with Crippen molar-refractivity contribution in [2.75, 3.05) is 13.4 Å². The van der Waals surface area contributed by atoms with E-state index in [1.807, 2.05) is 30.3 Å².